The summed E-state index contributed by atoms with van der Waals surface area (Å²) in [5.41, 5.74) is -0.0778. The highest BCUT2D eigenvalue weighted by Crippen LogP contribution is 2.37. The third kappa shape index (κ3) is 3.46. The third-order valence-electron chi connectivity index (χ3n) is 2.89. The highest BCUT2D eigenvalue weighted by atomic mass is 32.2. The van der Waals surface area contributed by atoms with E-state index in [0.717, 1.165) is 19.3 Å². The van der Waals surface area contributed by atoms with Crippen molar-refractivity contribution in [2.24, 2.45) is 5.41 Å². The van der Waals surface area contributed by atoms with Gasteiger partial charge < -0.3 is 5.11 Å². The van der Waals surface area contributed by atoms with Crippen LogP contribution in [0.2, 0.25) is 0 Å². The van der Waals surface area contributed by atoms with E-state index in [2.05, 4.69) is 4.72 Å². The fourth-order valence-electron chi connectivity index (χ4n) is 1.97. The topological polar surface area (TPSA) is 83.5 Å². The fraction of sp³-hybridized carbons (Fsp3) is 0.889. The molecule has 5 nitrogen and oxygen atoms in total. The number of aliphatic carboxylic acids is 1. The number of carboxylic acids is 1. The number of rotatable bonds is 4. The molecule has 1 saturated carbocycles. The molecule has 0 saturated heterocycles. The number of sulfonamides is 1. The molecular weight excluding hydrogens is 218 g/mol. The van der Waals surface area contributed by atoms with Crippen LogP contribution in [0, 0.1) is 5.41 Å². The monoisotopic (exact) mass is 235 g/mol. The first-order valence-electron chi connectivity index (χ1n) is 4.95. The van der Waals surface area contributed by atoms with Gasteiger partial charge in [-0.15, -0.1) is 0 Å². The second-order valence-corrected chi connectivity index (χ2v) is 6.46. The summed E-state index contributed by atoms with van der Waals surface area (Å²) >= 11 is 0. The van der Waals surface area contributed by atoms with Crippen LogP contribution in [0.3, 0.4) is 0 Å². The third-order valence-corrected chi connectivity index (χ3v) is 4.16. The van der Waals surface area contributed by atoms with Gasteiger partial charge in [-0.25, -0.2) is 13.1 Å². The molecule has 1 fully saturated rings. The Hall–Kier alpha value is -0.620. The van der Waals surface area contributed by atoms with E-state index in [1.807, 2.05) is 13.8 Å². The maximum Gasteiger partial charge on any atom is 0.320 e. The highest BCUT2D eigenvalue weighted by molar-refractivity contribution is 7.90. The van der Waals surface area contributed by atoms with Crippen LogP contribution in [0.4, 0.5) is 0 Å². The number of nitrogens with one attached hydrogen (secondary N) is 1. The molecule has 1 rings (SSSR count). The molecule has 0 aromatic rings. The van der Waals surface area contributed by atoms with Crippen LogP contribution in [0.15, 0.2) is 0 Å². The van der Waals surface area contributed by atoms with E-state index >= 15 is 0 Å². The number of hydrogen-bond acceptors (Lipinski definition) is 3. The SMILES string of the molecule is CC1(C)CCCC1NS(=O)(=O)CC(=O)O. The summed E-state index contributed by atoms with van der Waals surface area (Å²) in [6.45, 7) is 3.99. The van der Waals surface area contributed by atoms with Crippen LogP contribution in [-0.4, -0.2) is 31.3 Å². The van der Waals surface area contributed by atoms with E-state index in [4.69, 9.17) is 5.11 Å². The average Bonchev–Trinajstić information content (AvgIpc) is 2.26. The minimum atomic E-state index is -3.68. The van der Waals surface area contributed by atoms with Crippen molar-refractivity contribution >= 4 is 16.0 Å². The van der Waals surface area contributed by atoms with Gasteiger partial charge in [0, 0.05) is 6.04 Å². The van der Waals surface area contributed by atoms with Crippen LogP contribution in [0.25, 0.3) is 0 Å². The molecular formula is C9H17NO4S. The van der Waals surface area contributed by atoms with Gasteiger partial charge in [-0.3, -0.25) is 4.79 Å². The molecule has 0 aliphatic heterocycles. The van der Waals surface area contributed by atoms with E-state index < -0.39 is 21.7 Å². The summed E-state index contributed by atoms with van der Waals surface area (Å²) in [5, 5.41) is 8.43. The van der Waals surface area contributed by atoms with Crippen molar-refractivity contribution in [3.05, 3.63) is 0 Å². The Balaban J connectivity index is 2.66. The zero-order valence-corrected chi connectivity index (χ0v) is 9.80. The first kappa shape index (κ1) is 12.4. The summed E-state index contributed by atoms with van der Waals surface area (Å²) in [6.07, 6.45) is 2.73. The second kappa shape index (κ2) is 4.09. The maximum atomic E-state index is 11.4. The standard InChI is InChI=1S/C9H17NO4S/c1-9(2)5-3-4-7(9)10-15(13,14)6-8(11)12/h7,10H,3-6H2,1-2H3,(H,11,12). The zero-order chi connectivity index (χ0) is 11.7. The Morgan fingerprint density at radius 3 is 2.53 bits per heavy atom. The summed E-state index contributed by atoms with van der Waals surface area (Å²) in [6, 6.07) is -0.137. The lowest BCUT2D eigenvalue weighted by molar-refractivity contribution is -0.134. The summed E-state index contributed by atoms with van der Waals surface area (Å²) in [5.74, 6) is -2.17. The lowest BCUT2D eigenvalue weighted by Gasteiger charge is -2.27. The number of carboxylic acid groups (broad SMARTS) is 1. The van der Waals surface area contributed by atoms with Gasteiger partial charge in [0.05, 0.1) is 0 Å². The van der Waals surface area contributed by atoms with Crippen molar-refractivity contribution in [1.82, 2.24) is 4.72 Å². The quantitative estimate of drug-likeness (QED) is 0.746. The van der Waals surface area contributed by atoms with Gasteiger partial charge in [-0.1, -0.05) is 20.3 Å². The summed E-state index contributed by atoms with van der Waals surface area (Å²) in [4.78, 5) is 10.3. The maximum absolute atomic E-state index is 11.4. The van der Waals surface area contributed by atoms with Gasteiger partial charge in [0.15, 0.2) is 5.75 Å². The van der Waals surface area contributed by atoms with Gasteiger partial charge in [0.1, 0.15) is 0 Å². The van der Waals surface area contributed by atoms with Crippen molar-refractivity contribution in [3.63, 3.8) is 0 Å². The molecule has 0 spiro atoms. The Labute approximate surface area is 89.9 Å². The molecule has 15 heavy (non-hydrogen) atoms. The van der Waals surface area contributed by atoms with Crippen molar-refractivity contribution in [1.29, 1.82) is 0 Å². The predicted molar refractivity (Wildman–Crippen MR) is 56.0 cm³/mol. The van der Waals surface area contributed by atoms with E-state index in [9.17, 15) is 13.2 Å². The Kier molecular flexibility index (Phi) is 3.40. The van der Waals surface area contributed by atoms with Gasteiger partial charge in [0.2, 0.25) is 10.0 Å². The van der Waals surface area contributed by atoms with Crippen LogP contribution < -0.4 is 4.72 Å². The van der Waals surface area contributed by atoms with E-state index in [1.54, 1.807) is 0 Å². The van der Waals surface area contributed by atoms with Crippen LogP contribution in [0.1, 0.15) is 33.1 Å². The predicted octanol–water partition coefficient (Wildman–Crippen LogP) is 0.569. The van der Waals surface area contributed by atoms with Gasteiger partial charge >= 0.3 is 5.97 Å². The van der Waals surface area contributed by atoms with Crippen molar-refractivity contribution in [2.45, 2.75) is 39.2 Å². The minimum Gasteiger partial charge on any atom is -0.480 e. The minimum absolute atomic E-state index is 0.0778. The zero-order valence-electron chi connectivity index (χ0n) is 8.99. The molecule has 0 amide bonds. The van der Waals surface area contributed by atoms with Gasteiger partial charge in [-0.2, -0.15) is 0 Å². The summed E-state index contributed by atoms with van der Waals surface area (Å²) in [7, 11) is -3.68. The Morgan fingerprint density at radius 1 is 1.53 bits per heavy atom. The largest absolute Gasteiger partial charge is 0.480 e. The molecule has 1 atom stereocenters. The van der Waals surface area contributed by atoms with Crippen molar-refractivity contribution in [3.8, 4) is 0 Å². The molecule has 0 heterocycles. The number of hydrogen-bond donors (Lipinski definition) is 2. The van der Waals surface area contributed by atoms with Crippen molar-refractivity contribution < 1.29 is 18.3 Å². The van der Waals surface area contributed by atoms with E-state index in [0.29, 0.717) is 0 Å². The molecule has 0 radical (unpaired) electrons. The van der Waals surface area contributed by atoms with Crippen molar-refractivity contribution in [2.75, 3.05) is 5.75 Å². The van der Waals surface area contributed by atoms with Gasteiger partial charge in [-0.05, 0) is 18.3 Å². The molecule has 1 unspecified atom stereocenters. The highest BCUT2D eigenvalue weighted by Gasteiger charge is 2.37. The van der Waals surface area contributed by atoms with E-state index in [1.165, 1.54) is 0 Å². The van der Waals surface area contributed by atoms with Crippen LogP contribution >= 0.6 is 0 Å². The van der Waals surface area contributed by atoms with E-state index in [-0.39, 0.29) is 11.5 Å². The molecule has 1 aliphatic rings. The lowest BCUT2D eigenvalue weighted by atomic mass is 9.88. The molecule has 0 aromatic heterocycles. The Morgan fingerprint density at radius 2 is 2.13 bits per heavy atom. The molecule has 2 N–H and O–H groups in total. The lowest BCUT2D eigenvalue weighted by Crippen LogP contribution is -2.43. The fourth-order valence-corrected chi connectivity index (χ4v) is 3.25. The average molecular weight is 235 g/mol. The normalized spacial score (nSPS) is 25.3. The first-order valence-corrected chi connectivity index (χ1v) is 6.60. The molecule has 0 bridgehead atoms. The molecule has 6 heteroatoms. The number of carbonyl (C=O) groups is 1. The molecule has 0 aromatic carbocycles. The molecule has 88 valence electrons. The van der Waals surface area contributed by atoms with Crippen LogP contribution in [-0.2, 0) is 14.8 Å². The molecule has 1 aliphatic carbocycles. The van der Waals surface area contributed by atoms with Crippen LogP contribution in [0.5, 0.6) is 0 Å². The van der Waals surface area contributed by atoms with Gasteiger partial charge in [0.25, 0.3) is 0 Å². The first-order chi connectivity index (χ1) is 6.73. The summed E-state index contributed by atoms with van der Waals surface area (Å²) < 4.78 is 25.3. The smallest absolute Gasteiger partial charge is 0.320 e. The second-order valence-electron chi connectivity index (χ2n) is 4.70. The Bertz CT molecular complexity index is 347.